The zero-order valence-electron chi connectivity index (χ0n) is 21.6. The summed E-state index contributed by atoms with van der Waals surface area (Å²) in [6, 6.07) is 18.2. The summed E-state index contributed by atoms with van der Waals surface area (Å²) in [5.74, 6) is 3.14. The molecule has 0 saturated heterocycles. The fourth-order valence-corrected chi connectivity index (χ4v) is 4.92. The van der Waals surface area contributed by atoms with Crippen LogP contribution < -0.4 is 14.8 Å². The molecule has 1 N–H and O–H groups in total. The standard InChI is InChI=1S/C29H30N6O3/c1-36-24-10-9-20(16-26(24)37-2)17-30-29-31-18-22(28-32-27(33-35(28)29)25-8-5-15-38-25)12-14-34-13-11-21-6-3-4-7-23(21)19-34/h3-10,15-16,18H,11-14,17,19H2,1-2H3,(H,30,31). The summed E-state index contributed by atoms with van der Waals surface area (Å²) in [6.07, 6.45) is 5.44. The van der Waals surface area contributed by atoms with Crippen LogP contribution >= 0.6 is 0 Å². The molecule has 0 spiro atoms. The average Bonchev–Trinajstić information content (AvgIpc) is 3.66. The Hall–Kier alpha value is -4.37. The maximum Gasteiger partial charge on any atom is 0.226 e. The molecule has 0 saturated carbocycles. The van der Waals surface area contributed by atoms with Crippen molar-refractivity contribution in [3.05, 3.63) is 89.3 Å². The SMILES string of the molecule is COc1ccc(CNc2ncc(CCN3CCc4ccccc4C3)c3nc(-c4ccco4)nn23)cc1OC. The van der Waals surface area contributed by atoms with Crippen molar-refractivity contribution in [1.29, 1.82) is 0 Å². The molecule has 0 unspecified atom stereocenters. The van der Waals surface area contributed by atoms with Crippen LogP contribution in [0.25, 0.3) is 17.2 Å². The van der Waals surface area contributed by atoms with E-state index in [-0.39, 0.29) is 0 Å². The number of nitrogens with zero attached hydrogens (tertiary/aromatic N) is 5. The number of methoxy groups -OCH3 is 2. The number of nitrogens with one attached hydrogen (secondary N) is 1. The quantitative estimate of drug-likeness (QED) is 0.307. The second kappa shape index (κ2) is 10.5. The van der Waals surface area contributed by atoms with Gasteiger partial charge in [0.15, 0.2) is 22.9 Å². The highest BCUT2D eigenvalue weighted by Gasteiger charge is 2.19. The van der Waals surface area contributed by atoms with Gasteiger partial charge in [-0.2, -0.15) is 4.52 Å². The second-order valence-electron chi connectivity index (χ2n) is 9.34. The minimum Gasteiger partial charge on any atom is -0.493 e. The van der Waals surface area contributed by atoms with E-state index in [2.05, 4.69) is 34.5 Å². The lowest BCUT2D eigenvalue weighted by atomic mass is 10.00. The van der Waals surface area contributed by atoms with E-state index >= 15 is 0 Å². The van der Waals surface area contributed by atoms with Gasteiger partial charge in [0.25, 0.3) is 0 Å². The van der Waals surface area contributed by atoms with Gasteiger partial charge in [-0.1, -0.05) is 30.3 Å². The van der Waals surface area contributed by atoms with Crippen LogP contribution in [-0.2, 0) is 25.9 Å². The van der Waals surface area contributed by atoms with Gasteiger partial charge in [-0.05, 0) is 53.8 Å². The van der Waals surface area contributed by atoms with E-state index in [1.54, 1.807) is 25.0 Å². The van der Waals surface area contributed by atoms with E-state index in [1.807, 2.05) is 36.5 Å². The van der Waals surface area contributed by atoms with E-state index in [0.717, 1.165) is 49.2 Å². The summed E-state index contributed by atoms with van der Waals surface area (Å²) in [7, 11) is 3.26. The van der Waals surface area contributed by atoms with Crippen molar-refractivity contribution in [1.82, 2.24) is 24.5 Å². The first-order valence-electron chi connectivity index (χ1n) is 12.7. The van der Waals surface area contributed by atoms with Gasteiger partial charge in [0.05, 0.1) is 20.5 Å². The Morgan fingerprint density at radius 3 is 2.68 bits per heavy atom. The number of fused-ring (bicyclic) bond motifs is 2. The smallest absolute Gasteiger partial charge is 0.226 e. The second-order valence-corrected chi connectivity index (χ2v) is 9.34. The minimum atomic E-state index is 0.533. The fourth-order valence-electron chi connectivity index (χ4n) is 4.92. The van der Waals surface area contributed by atoms with E-state index in [0.29, 0.717) is 35.6 Å². The third-order valence-electron chi connectivity index (χ3n) is 6.98. The number of aromatic nitrogens is 4. The Kier molecular flexibility index (Phi) is 6.66. The lowest BCUT2D eigenvalue weighted by Crippen LogP contribution is -2.32. The van der Waals surface area contributed by atoms with Crippen molar-refractivity contribution >= 4 is 11.6 Å². The monoisotopic (exact) mass is 510 g/mol. The Labute approximate surface area is 221 Å². The van der Waals surface area contributed by atoms with Crippen LogP contribution in [0.4, 0.5) is 5.95 Å². The van der Waals surface area contributed by atoms with Crippen LogP contribution in [0.1, 0.15) is 22.3 Å². The van der Waals surface area contributed by atoms with Crippen LogP contribution in [0.15, 0.2) is 71.5 Å². The highest BCUT2D eigenvalue weighted by atomic mass is 16.5. The van der Waals surface area contributed by atoms with Gasteiger partial charge >= 0.3 is 0 Å². The summed E-state index contributed by atoms with van der Waals surface area (Å²) in [6.45, 7) is 3.48. The van der Waals surface area contributed by atoms with Crippen molar-refractivity contribution in [2.75, 3.05) is 32.6 Å². The largest absolute Gasteiger partial charge is 0.493 e. The van der Waals surface area contributed by atoms with E-state index < -0.39 is 0 Å². The molecule has 2 aromatic carbocycles. The van der Waals surface area contributed by atoms with Crippen molar-refractivity contribution in [3.63, 3.8) is 0 Å². The summed E-state index contributed by atoms with van der Waals surface area (Å²) in [5, 5.41) is 8.15. The molecule has 38 heavy (non-hydrogen) atoms. The fraction of sp³-hybridized carbons (Fsp3) is 0.276. The summed E-state index contributed by atoms with van der Waals surface area (Å²) in [5.41, 5.74) is 5.72. The number of benzene rings is 2. The molecule has 0 atom stereocenters. The normalized spacial score (nSPS) is 13.4. The first-order valence-corrected chi connectivity index (χ1v) is 12.7. The summed E-state index contributed by atoms with van der Waals surface area (Å²) in [4.78, 5) is 12.1. The number of rotatable bonds is 9. The Bertz CT molecular complexity index is 1550. The number of hydrogen-bond acceptors (Lipinski definition) is 8. The molecule has 9 heteroatoms. The van der Waals surface area contributed by atoms with Gasteiger partial charge in [-0.3, -0.25) is 4.90 Å². The van der Waals surface area contributed by atoms with Crippen LogP contribution in [0.5, 0.6) is 11.5 Å². The number of hydrogen-bond donors (Lipinski definition) is 1. The van der Waals surface area contributed by atoms with Gasteiger partial charge in [-0.15, -0.1) is 5.10 Å². The molecule has 4 heterocycles. The van der Waals surface area contributed by atoms with Crippen LogP contribution in [0.3, 0.4) is 0 Å². The van der Waals surface area contributed by atoms with Gasteiger partial charge in [0, 0.05) is 37.9 Å². The van der Waals surface area contributed by atoms with E-state index in [1.165, 1.54) is 11.1 Å². The molecule has 0 aliphatic carbocycles. The number of ether oxygens (including phenoxy) is 2. The highest BCUT2D eigenvalue weighted by molar-refractivity contribution is 5.58. The molecule has 0 bridgehead atoms. The molecular weight excluding hydrogens is 480 g/mol. The Balaban J connectivity index is 1.24. The first kappa shape index (κ1) is 24.0. The third-order valence-corrected chi connectivity index (χ3v) is 6.98. The van der Waals surface area contributed by atoms with Crippen molar-refractivity contribution < 1.29 is 13.9 Å². The van der Waals surface area contributed by atoms with E-state index in [4.69, 9.17) is 29.0 Å². The molecule has 3 aromatic heterocycles. The van der Waals surface area contributed by atoms with Crippen molar-refractivity contribution in [2.24, 2.45) is 0 Å². The van der Waals surface area contributed by atoms with E-state index in [9.17, 15) is 0 Å². The Morgan fingerprint density at radius 1 is 1.00 bits per heavy atom. The molecular formula is C29H30N6O3. The topological polar surface area (TPSA) is 90.0 Å². The first-order chi connectivity index (χ1) is 18.7. The molecule has 0 amide bonds. The Morgan fingerprint density at radius 2 is 1.87 bits per heavy atom. The van der Waals surface area contributed by atoms with Gasteiger partial charge in [-0.25, -0.2) is 9.97 Å². The third kappa shape index (κ3) is 4.80. The molecule has 5 aromatic rings. The number of furan rings is 1. The molecule has 6 rings (SSSR count). The van der Waals surface area contributed by atoms with Crippen molar-refractivity contribution in [2.45, 2.75) is 25.9 Å². The molecule has 1 aliphatic heterocycles. The summed E-state index contributed by atoms with van der Waals surface area (Å²) >= 11 is 0. The molecule has 0 radical (unpaired) electrons. The van der Waals surface area contributed by atoms with Gasteiger partial charge in [0.2, 0.25) is 11.8 Å². The van der Waals surface area contributed by atoms with Crippen LogP contribution in [-0.4, -0.2) is 51.8 Å². The van der Waals surface area contributed by atoms with Crippen LogP contribution in [0, 0.1) is 0 Å². The van der Waals surface area contributed by atoms with Crippen LogP contribution in [0.2, 0.25) is 0 Å². The van der Waals surface area contributed by atoms with Gasteiger partial charge in [0.1, 0.15) is 0 Å². The predicted molar refractivity (Wildman–Crippen MR) is 144 cm³/mol. The molecule has 1 aliphatic rings. The zero-order chi connectivity index (χ0) is 25.9. The molecule has 194 valence electrons. The lowest BCUT2D eigenvalue weighted by molar-refractivity contribution is 0.257. The van der Waals surface area contributed by atoms with Gasteiger partial charge < -0.3 is 19.2 Å². The number of anilines is 1. The zero-order valence-corrected chi connectivity index (χ0v) is 21.6. The highest BCUT2D eigenvalue weighted by Crippen LogP contribution is 2.28. The molecule has 9 nitrogen and oxygen atoms in total. The molecule has 0 fully saturated rings. The average molecular weight is 511 g/mol. The minimum absolute atomic E-state index is 0.533. The summed E-state index contributed by atoms with van der Waals surface area (Å²) < 4.78 is 18.2. The lowest BCUT2D eigenvalue weighted by Gasteiger charge is -2.28. The maximum atomic E-state index is 5.58. The predicted octanol–water partition coefficient (Wildman–Crippen LogP) is 4.61. The van der Waals surface area contributed by atoms with Crippen molar-refractivity contribution in [3.8, 4) is 23.1 Å². The maximum absolute atomic E-state index is 5.58.